The van der Waals surface area contributed by atoms with Gasteiger partial charge in [-0.05, 0) is 11.6 Å². The van der Waals surface area contributed by atoms with E-state index < -0.39 is 12.7 Å². The zero-order valence-corrected chi connectivity index (χ0v) is 11.9. The van der Waals surface area contributed by atoms with Gasteiger partial charge in [0.25, 0.3) is 0 Å². The molecule has 2 atom stereocenters. The Hall–Kier alpha value is -1.26. The summed E-state index contributed by atoms with van der Waals surface area (Å²) in [6.45, 7) is 0.281. The lowest BCUT2D eigenvalue weighted by molar-refractivity contribution is -0.145. The molecule has 1 saturated heterocycles. The van der Waals surface area contributed by atoms with E-state index in [1.807, 2.05) is 4.90 Å². The van der Waals surface area contributed by atoms with Crippen LogP contribution in [-0.2, 0) is 22.6 Å². The van der Waals surface area contributed by atoms with Crippen LogP contribution in [0.3, 0.4) is 0 Å². The Kier molecular flexibility index (Phi) is 5.12. The highest BCUT2D eigenvalue weighted by Crippen LogP contribution is 2.22. The normalized spacial score (nSPS) is 23.9. The lowest BCUT2D eigenvalue weighted by Gasteiger charge is -2.21. The van der Waals surface area contributed by atoms with Crippen LogP contribution in [0.1, 0.15) is 12.2 Å². The van der Waals surface area contributed by atoms with Gasteiger partial charge in [0, 0.05) is 26.8 Å². The molecular formula is C11H18F3N5O2. The molecule has 10 heteroatoms. The molecule has 0 radical (unpaired) electrons. The number of likely N-dealkylation sites (tertiary alicyclic amines) is 1. The van der Waals surface area contributed by atoms with Crippen LogP contribution in [-0.4, -0.2) is 70.8 Å². The largest absolute Gasteiger partial charge is 0.409 e. The minimum absolute atomic E-state index is 0.0790. The molecule has 2 heterocycles. The molecule has 21 heavy (non-hydrogen) atoms. The maximum Gasteiger partial charge on any atom is 0.409 e. The Balaban J connectivity index is 1.96. The van der Waals surface area contributed by atoms with Crippen LogP contribution in [0.5, 0.6) is 0 Å². The number of nitrogens with zero attached hydrogens (tertiary/aromatic N) is 5. The molecule has 1 aromatic rings. The fourth-order valence-electron chi connectivity index (χ4n) is 2.42. The molecule has 1 aromatic heterocycles. The zero-order valence-electron chi connectivity index (χ0n) is 11.9. The van der Waals surface area contributed by atoms with Crippen LogP contribution in [0.25, 0.3) is 0 Å². The molecule has 0 spiro atoms. The Labute approximate surface area is 120 Å². The molecule has 0 saturated carbocycles. The summed E-state index contributed by atoms with van der Waals surface area (Å²) in [6, 6.07) is 0.134. The number of hydrogen-bond acceptors (Lipinski definition) is 6. The SMILES string of the molecule is COC[C@@H]1C[C@@H](OC)CN1Cc1nnn(CC(F)(F)F)n1. The van der Waals surface area contributed by atoms with E-state index in [-0.39, 0.29) is 18.0 Å². The van der Waals surface area contributed by atoms with Crippen LogP contribution in [0, 0.1) is 0 Å². The Morgan fingerprint density at radius 1 is 1.33 bits per heavy atom. The summed E-state index contributed by atoms with van der Waals surface area (Å²) in [5.41, 5.74) is 0. The lowest BCUT2D eigenvalue weighted by Crippen LogP contribution is -2.33. The van der Waals surface area contributed by atoms with Crippen molar-refractivity contribution < 1.29 is 22.6 Å². The Morgan fingerprint density at radius 3 is 2.71 bits per heavy atom. The number of hydrogen-bond donors (Lipinski definition) is 0. The molecular weight excluding hydrogens is 291 g/mol. The third-order valence-corrected chi connectivity index (χ3v) is 3.34. The molecule has 0 bridgehead atoms. The molecule has 0 unspecified atom stereocenters. The summed E-state index contributed by atoms with van der Waals surface area (Å²) in [6.07, 6.45) is -3.47. The molecule has 1 aliphatic rings. The highest BCUT2D eigenvalue weighted by Gasteiger charge is 2.33. The molecule has 7 nitrogen and oxygen atoms in total. The van der Waals surface area contributed by atoms with E-state index >= 15 is 0 Å². The monoisotopic (exact) mass is 309 g/mol. The van der Waals surface area contributed by atoms with E-state index in [4.69, 9.17) is 9.47 Å². The van der Waals surface area contributed by atoms with E-state index in [1.54, 1.807) is 14.2 Å². The van der Waals surface area contributed by atoms with Crippen molar-refractivity contribution in [1.82, 2.24) is 25.1 Å². The predicted octanol–water partition coefficient (Wildman–Crippen LogP) is 0.471. The second kappa shape index (κ2) is 6.67. The molecule has 0 N–H and O–H groups in total. The molecule has 0 aromatic carbocycles. The van der Waals surface area contributed by atoms with Crippen LogP contribution in [0.4, 0.5) is 13.2 Å². The van der Waals surface area contributed by atoms with E-state index in [9.17, 15) is 13.2 Å². The smallest absolute Gasteiger partial charge is 0.383 e. The maximum atomic E-state index is 12.2. The number of methoxy groups -OCH3 is 2. The summed E-state index contributed by atoms with van der Waals surface area (Å²) in [5.74, 6) is 0.261. The van der Waals surface area contributed by atoms with Gasteiger partial charge in [-0.2, -0.15) is 18.0 Å². The Bertz CT molecular complexity index is 453. The Morgan fingerprint density at radius 2 is 2.10 bits per heavy atom. The van der Waals surface area contributed by atoms with E-state index in [0.717, 1.165) is 6.42 Å². The number of alkyl halides is 3. The van der Waals surface area contributed by atoms with Crippen LogP contribution in [0.2, 0.25) is 0 Å². The minimum Gasteiger partial charge on any atom is -0.383 e. The second-order valence-corrected chi connectivity index (χ2v) is 4.98. The van der Waals surface area contributed by atoms with Gasteiger partial charge >= 0.3 is 6.18 Å². The summed E-state index contributed by atoms with van der Waals surface area (Å²) in [7, 11) is 3.24. The quantitative estimate of drug-likeness (QED) is 0.761. The molecule has 1 fully saturated rings. The standard InChI is InChI=1S/C11H18F3N5O2/c1-20-6-8-3-9(21-2)4-18(8)5-10-15-17-19(16-10)7-11(12,13)14/h8-9H,3-7H2,1-2H3/t8-,9+/m0/s1. The van der Waals surface area contributed by atoms with Crippen LogP contribution < -0.4 is 0 Å². The van der Waals surface area contributed by atoms with Crippen molar-refractivity contribution in [3.05, 3.63) is 5.82 Å². The first-order valence-electron chi connectivity index (χ1n) is 6.50. The second-order valence-electron chi connectivity index (χ2n) is 4.98. The number of halogens is 3. The van der Waals surface area contributed by atoms with Gasteiger partial charge in [0.1, 0.15) is 0 Å². The maximum absolute atomic E-state index is 12.2. The average molecular weight is 309 g/mol. The molecule has 0 aliphatic carbocycles. The first kappa shape index (κ1) is 16.1. The first-order chi connectivity index (χ1) is 9.91. The third kappa shape index (κ3) is 4.61. The summed E-state index contributed by atoms with van der Waals surface area (Å²) < 4.78 is 47.2. The van der Waals surface area contributed by atoms with Gasteiger partial charge in [0.15, 0.2) is 12.4 Å². The zero-order chi connectivity index (χ0) is 15.5. The van der Waals surface area contributed by atoms with Crippen LogP contribution in [0.15, 0.2) is 0 Å². The van der Waals surface area contributed by atoms with E-state index in [2.05, 4.69) is 15.4 Å². The van der Waals surface area contributed by atoms with E-state index in [1.165, 1.54) is 0 Å². The van der Waals surface area contributed by atoms with Gasteiger partial charge in [-0.15, -0.1) is 10.2 Å². The van der Waals surface area contributed by atoms with Gasteiger partial charge in [-0.25, -0.2) is 0 Å². The van der Waals surface area contributed by atoms with Gasteiger partial charge in [-0.1, -0.05) is 0 Å². The molecule has 1 aliphatic heterocycles. The van der Waals surface area contributed by atoms with Crippen LogP contribution >= 0.6 is 0 Å². The van der Waals surface area contributed by atoms with Crippen molar-refractivity contribution in [3.63, 3.8) is 0 Å². The summed E-state index contributed by atoms with van der Waals surface area (Å²) in [4.78, 5) is 2.59. The lowest BCUT2D eigenvalue weighted by atomic mass is 10.2. The van der Waals surface area contributed by atoms with E-state index in [0.29, 0.717) is 24.5 Å². The van der Waals surface area contributed by atoms with Crippen molar-refractivity contribution in [3.8, 4) is 0 Å². The minimum atomic E-state index is -4.36. The van der Waals surface area contributed by atoms with Crippen molar-refractivity contribution in [2.45, 2.75) is 37.8 Å². The molecule has 2 rings (SSSR count). The van der Waals surface area contributed by atoms with Crippen molar-refractivity contribution in [1.29, 1.82) is 0 Å². The van der Waals surface area contributed by atoms with Gasteiger partial charge in [-0.3, -0.25) is 4.90 Å². The third-order valence-electron chi connectivity index (χ3n) is 3.34. The molecule has 0 amide bonds. The highest BCUT2D eigenvalue weighted by molar-refractivity contribution is 4.89. The number of rotatable bonds is 6. The topological polar surface area (TPSA) is 65.3 Å². The number of tetrazole rings is 1. The van der Waals surface area contributed by atoms with Crippen molar-refractivity contribution in [2.75, 3.05) is 27.4 Å². The fourth-order valence-corrected chi connectivity index (χ4v) is 2.42. The number of ether oxygens (including phenoxy) is 2. The summed E-state index contributed by atoms with van der Waals surface area (Å²) in [5, 5.41) is 10.8. The number of aromatic nitrogens is 4. The summed E-state index contributed by atoms with van der Waals surface area (Å²) >= 11 is 0. The van der Waals surface area contributed by atoms with Crippen molar-refractivity contribution >= 4 is 0 Å². The predicted molar refractivity (Wildman–Crippen MR) is 65.4 cm³/mol. The van der Waals surface area contributed by atoms with Gasteiger partial charge in [0.2, 0.25) is 0 Å². The first-order valence-corrected chi connectivity index (χ1v) is 6.50. The molecule has 120 valence electrons. The highest BCUT2D eigenvalue weighted by atomic mass is 19.4. The van der Waals surface area contributed by atoms with Gasteiger partial charge < -0.3 is 9.47 Å². The fraction of sp³-hybridized carbons (Fsp3) is 0.909. The average Bonchev–Trinajstić information content (AvgIpc) is 2.96. The van der Waals surface area contributed by atoms with Crippen molar-refractivity contribution in [2.24, 2.45) is 0 Å². The van der Waals surface area contributed by atoms with Gasteiger partial charge in [0.05, 0.1) is 19.3 Å².